The lowest BCUT2D eigenvalue weighted by Gasteiger charge is -1.98. The lowest BCUT2D eigenvalue weighted by molar-refractivity contribution is 0.346. The van der Waals surface area contributed by atoms with Gasteiger partial charge in [-0.3, -0.25) is 4.57 Å². The molecule has 4 heteroatoms. The Balaban J connectivity index is 2.32. The largest absolute Gasteiger partial charge is 0.256 e. The third-order valence-electron chi connectivity index (χ3n) is 1.22. The Morgan fingerprint density at radius 3 is 2.75 bits per heavy atom. The van der Waals surface area contributed by atoms with Gasteiger partial charge in [0.05, 0.1) is 0 Å². The van der Waals surface area contributed by atoms with Crippen LogP contribution in [0.2, 0.25) is 0 Å². The zero-order valence-corrected chi connectivity index (χ0v) is 5.27. The van der Waals surface area contributed by atoms with Gasteiger partial charge in [0.15, 0.2) is 0 Å². The minimum Gasteiger partial charge on any atom is -0.256 e. The zero-order valence-electron chi connectivity index (χ0n) is 4.38. The molecule has 0 radical (unpaired) electrons. The Kier molecular flexibility index (Phi) is 1.92. The molecule has 1 aliphatic rings. The first-order valence-electron chi connectivity index (χ1n) is 2.55. The van der Waals surface area contributed by atoms with E-state index in [2.05, 4.69) is 0 Å². The standard InChI is InChI=1S/C4H7FNOP/c5-4-1-2-6(3-4)8-7/h4H,1-3H2. The van der Waals surface area contributed by atoms with Crippen molar-refractivity contribution >= 4 is 8.61 Å². The van der Waals surface area contributed by atoms with Crippen LogP contribution < -0.4 is 0 Å². The molecule has 1 unspecified atom stereocenters. The van der Waals surface area contributed by atoms with E-state index >= 15 is 0 Å². The fourth-order valence-electron chi connectivity index (χ4n) is 0.775. The van der Waals surface area contributed by atoms with Crippen molar-refractivity contribution in [2.24, 2.45) is 0 Å². The third-order valence-corrected chi connectivity index (χ3v) is 1.82. The molecule has 0 aromatic rings. The quantitative estimate of drug-likeness (QED) is 0.504. The molecule has 1 saturated heterocycles. The van der Waals surface area contributed by atoms with E-state index in [0.717, 1.165) is 0 Å². The molecule has 8 heavy (non-hydrogen) atoms. The first-order chi connectivity index (χ1) is 3.83. The maximum absolute atomic E-state index is 12.2. The molecule has 2 nitrogen and oxygen atoms in total. The van der Waals surface area contributed by atoms with Gasteiger partial charge in [0.1, 0.15) is 6.17 Å². The van der Waals surface area contributed by atoms with Gasteiger partial charge < -0.3 is 0 Å². The number of nitrogens with zero attached hydrogens (tertiary/aromatic N) is 1. The lowest BCUT2D eigenvalue weighted by atomic mass is 10.4. The van der Waals surface area contributed by atoms with Crippen LogP contribution in [0.4, 0.5) is 4.39 Å². The van der Waals surface area contributed by atoms with Crippen LogP contribution in [0.25, 0.3) is 0 Å². The van der Waals surface area contributed by atoms with Crippen molar-refractivity contribution in [1.29, 1.82) is 0 Å². The highest BCUT2D eigenvalue weighted by molar-refractivity contribution is 7.20. The average molecular weight is 135 g/mol. The number of rotatable bonds is 1. The second-order valence-corrected chi connectivity index (χ2v) is 2.61. The molecule has 1 heterocycles. The summed E-state index contributed by atoms with van der Waals surface area (Å²) < 4.78 is 23.7. The van der Waals surface area contributed by atoms with Crippen molar-refractivity contribution in [2.45, 2.75) is 12.6 Å². The summed E-state index contributed by atoms with van der Waals surface area (Å²) in [5.74, 6) is 0. The van der Waals surface area contributed by atoms with E-state index in [1.165, 1.54) is 0 Å². The molecule has 0 aliphatic carbocycles. The van der Waals surface area contributed by atoms with E-state index in [-0.39, 0.29) is 8.61 Å². The molecule has 0 aromatic carbocycles. The minimum absolute atomic E-state index is 0.0399. The smallest absolute Gasteiger partial charge is 0.249 e. The van der Waals surface area contributed by atoms with Crippen LogP contribution in [-0.4, -0.2) is 23.9 Å². The van der Waals surface area contributed by atoms with Crippen molar-refractivity contribution in [1.82, 2.24) is 4.67 Å². The highest BCUT2D eigenvalue weighted by Crippen LogP contribution is 2.17. The molecule has 1 atom stereocenters. The highest BCUT2D eigenvalue weighted by Gasteiger charge is 2.21. The predicted octanol–water partition coefficient (Wildman–Crippen LogP) is 1.24. The molecule has 0 spiro atoms. The van der Waals surface area contributed by atoms with E-state index in [1.54, 1.807) is 4.67 Å². The summed E-state index contributed by atoms with van der Waals surface area (Å²) >= 11 is 0. The molecule has 0 amide bonds. The fraction of sp³-hybridized carbons (Fsp3) is 1.00. The van der Waals surface area contributed by atoms with Gasteiger partial charge in [0.25, 0.3) is 0 Å². The molecule has 0 N–H and O–H groups in total. The Bertz CT molecular complexity index is 100. The summed E-state index contributed by atoms with van der Waals surface area (Å²) in [5, 5.41) is 0. The van der Waals surface area contributed by atoms with Gasteiger partial charge in [0, 0.05) is 13.1 Å². The van der Waals surface area contributed by atoms with Gasteiger partial charge in [-0.2, -0.15) is 0 Å². The maximum atomic E-state index is 12.2. The Labute approximate surface area is 48.9 Å². The monoisotopic (exact) mass is 135 g/mol. The van der Waals surface area contributed by atoms with E-state index in [4.69, 9.17) is 0 Å². The second kappa shape index (κ2) is 2.51. The Morgan fingerprint density at radius 2 is 2.50 bits per heavy atom. The van der Waals surface area contributed by atoms with Crippen LogP contribution in [0.5, 0.6) is 0 Å². The van der Waals surface area contributed by atoms with E-state index in [0.29, 0.717) is 19.5 Å². The summed E-state index contributed by atoms with van der Waals surface area (Å²) in [7, 11) is -0.0399. The van der Waals surface area contributed by atoms with Crippen LogP contribution in [0.15, 0.2) is 0 Å². The van der Waals surface area contributed by atoms with Gasteiger partial charge in [-0.05, 0) is 6.42 Å². The van der Waals surface area contributed by atoms with E-state index in [1.807, 2.05) is 0 Å². The third kappa shape index (κ3) is 1.23. The van der Waals surface area contributed by atoms with E-state index in [9.17, 15) is 8.96 Å². The molecule has 46 valence electrons. The number of hydrogen-bond acceptors (Lipinski definition) is 1. The topological polar surface area (TPSA) is 20.3 Å². The fourth-order valence-corrected chi connectivity index (χ4v) is 1.22. The van der Waals surface area contributed by atoms with Crippen LogP contribution in [0.1, 0.15) is 6.42 Å². The van der Waals surface area contributed by atoms with Crippen molar-refractivity contribution < 1.29 is 8.96 Å². The van der Waals surface area contributed by atoms with Gasteiger partial charge in [-0.25, -0.2) is 9.06 Å². The van der Waals surface area contributed by atoms with Crippen LogP contribution in [0.3, 0.4) is 0 Å². The molecular formula is C4H7FNOP. The molecule has 0 bridgehead atoms. The molecule has 0 aromatic heterocycles. The first kappa shape index (κ1) is 6.12. The Morgan fingerprint density at radius 1 is 1.75 bits per heavy atom. The molecular weight excluding hydrogens is 128 g/mol. The van der Waals surface area contributed by atoms with Crippen LogP contribution >= 0.6 is 8.61 Å². The highest BCUT2D eigenvalue weighted by atomic mass is 31.1. The van der Waals surface area contributed by atoms with Crippen molar-refractivity contribution in [3.05, 3.63) is 0 Å². The van der Waals surface area contributed by atoms with E-state index < -0.39 is 6.17 Å². The summed E-state index contributed by atoms with van der Waals surface area (Å²) in [5.41, 5.74) is 0. The van der Waals surface area contributed by atoms with Crippen LogP contribution in [0, 0.1) is 0 Å². The summed E-state index contributed by atoms with van der Waals surface area (Å²) in [4.78, 5) is 0. The van der Waals surface area contributed by atoms with Crippen LogP contribution in [-0.2, 0) is 4.57 Å². The lowest BCUT2D eigenvalue weighted by Crippen LogP contribution is -2.07. The maximum Gasteiger partial charge on any atom is 0.249 e. The minimum atomic E-state index is -0.753. The molecule has 1 aliphatic heterocycles. The predicted molar refractivity (Wildman–Crippen MR) is 28.7 cm³/mol. The van der Waals surface area contributed by atoms with Gasteiger partial charge >= 0.3 is 0 Å². The normalized spacial score (nSPS) is 31.9. The van der Waals surface area contributed by atoms with Gasteiger partial charge in [-0.15, -0.1) is 0 Å². The Hall–Kier alpha value is -0.0100. The molecule has 0 saturated carbocycles. The SMILES string of the molecule is O=PN1CCC(F)C1. The molecule has 1 rings (SSSR count). The zero-order chi connectivity index (χ0) is 5.98. The number of hydrogen-bond donors (Lipinski definition) is 0. The summed E-state index contributed by atoms with van der Waals surface area (Å²) in [6.07, 6.45) is -0.216. The first-order valence-corrected chi connectivity index (χ1v) is 3.31. The van der Waals surface area contributed by atoms with Crippen molar-refractivity contribution in [3.8, 4) is 0 Å². The molecule has 1 fully saturated rings. The number of halogens is 1. The summed E-state index contributed by atoms with van der Waals surface area (Å²) in [6.45, 7) is 0.970. The summed E-state index contributed by atoms with van der Waals surface area (Å²) in [6, 6.07) is 0. The second-order valence-electron chi connectivity index (χ2n) is 1.88. The van der Waals surface area contributed by atoms with Gasteiger partial charge in [0.2, 0.25) is 8.61 Å². The van der Waals surface area contributed by atoms with Crippen molar-refractivity contribution in [3.63, 3.8) is 0 Å². The number of alkyl halides is 1. The average Bonchev–Trinajstić information content (AvgIpc) is 2.14. The van der Waals surface area contributed by atoms with Crippen molar-refractivity contribution in [2.75, 3.05) is 13.1 Å². The van der Waals surface area contributed by atoms with Gasteiger partial charge in [-0.1, -0.05) is 0 Å².